The predicted octanol–water partition coefficient (Wildman–Crippen LogP) is 4.46. The lowest BCUT2D eigenvalue weighted by atomic mass is 10.0. The normalized spacial score (nSPS) is 11.5. The minimum absolute atomic E-state index is 0.180. The van der Waals surface area contributed by atoms with Crippen molar-refractivity contribution >= 4 is 33.3 Å². The summed E-state index contributed by atoms with van der Waals surface area (Å²) in [4.78, 5) is 21.9. The van der Waals surface area contributed by atoms with Crippen LogP contribution in [0, 0.1) is 0 Å². The number of nitrogens with one attached hydrogen (secondary N) is 1. The van der Waals surface area contributed by atoms with Crippen LogP contribution in [0.2, 0.25) is 5.02 Å². The third kappa shape index (κ3) is 3.59. The molecule has 0 saturated heterocycles. The lowest BCUT2D eigenvalue weighted by Crippen LogP contribution is -2.25. The van der Waals surface area contributed by atoms with E-state index in [9.17, 15) is 9.90 Å². The summed E-state index contributed by atoms with van der Waals surface area (Å²) in [6, 6.07) is 16.7. The molecule has 0 amide bonds. The summed E-state index contributed by atoms with van der Waals surface area (Å²) < 4.78 is 0. The third-order valence-corrected chi connectivity index (χ3v) is 5.17. The average molecular weight is 394 g/mol. The van der Waals surface area contributed by atoms with Crippen LogP contribution in [0.1, 0.15) is 18.3 Å². The molecule has 28 heavy (non-hydrogen) atoms. The van der Waals surface area contributed by atoms with Gasteiger partial charge >= 0.3 is 0 Å². The first-order valence-corrected chi connectivity index (χ1v) is 9.53. The third-order valence-electron chi connectivity index (χ3n) is 4.94. The average Bonchev–Trinajstić information content (AvgIpc) is 2.69. The molecule has 2 N–H and O–H groups in total. The molecular formula is C22H20ClN3O2. The predicted molar refractivity (Wildman–Crippen MR) is 113 cm³/mol. The van der Waals surface area contributed by atoms with Crippen molar-refractivity contribution < 1.29 is 5.11 Å². The highest BCUT2D eigenvalue weighted by Crippen LogP contribution is 2.28. The molecule has 1 heterocycles. The molecule has 6 heteroatoms. The van der Waals surface area contributed by atoms with E-state index >= 15 is 0 Å². The fraction of sp³-hybridized carbons (Fsp3) is 0.182. The first-order chi connectivity index (χ1) is 13.5. The molecule has 4 aromatic rings. The number of halogens is 1. The van der Waals surface area contributed by atoms with Crippen LogP contribution in [0.3, 0.4) is 0 Å². The standard InChI is InChI=1S/C22H20ClN3O2/c1-2-26(12-18-16-6-4-3-5-14(16)7-10-20(18)27)13-21-24-19-11-15(23)8-9-17(19)22(28)25-21/h3-11,27H,2,12-13H2,1H3,(H,24,25,28). The van der Waals surface area contributed by atoms with Crippen LogP contribution in [0.25, 0.3) is 21.7 Å². The van der Waals surface area contributed by atoms with Crippen molar-refractivity contribution in [2.75, 3.05) is 6.54 Å². The van der Waals surface area contributed by atoms with Crippen LogP contribution in [0.4, 0.5) is 0 Å². The van der Waals surface area contributed by atoms with E-state index in [1.54, 1.807) is 24.3 Å². The molecule has 5 nitrogen and oxygen atoms in total. The highest BCUT2D eigenvalue weighted by atomic mass is 35.5. The lowest BCUT2D eigenvalue weighted by molar-refractivity contribution is 0.262. The summed E-state index contributed by atoms with van der Waals surface area (Å²) in [5.41, 5.74) is 1.27. The summed E-state index contributed by atoms with van der Waals surface area (Å²) in [6.45, 7) is 3.77. The van der Waals surface area contributed by atoms with Crippen molar-refractivity contribution in [1.29, 1.82) is 0 Å². The highest BCUT2D eigenvalue weighted by molar-refractivity contribution is 6.31. The number of rotatable bonds is 5. The van der Waals surface area contributed by atoms with Gasteiger partial charge < -0.3 is 10.1 Å². The van der Waals surface area contributed by atoms with Crippen molar-refractivity contribution in [3.63, 3.8) is 0 Å². The molecule has 0 saturated carbocycles. The SMILES string of the molecule is CCN(Cc1nc2cc(Cl)ccc2c(=O)[nH]1)Cc1c(O)ccc2ccccc12. The number of nitrogens with zero attached hydrogens (tertiary/aromatic N) is 2. The Morgan fingerprint density at radius 3 is 2.71 bits per heavy atom. The molecule has 0 fully saturated rings. The van der Waals surface area contributed by atoms with Gasteiger partial charge in [-0.2, -0.15) is 0 Å². The number of phenols is 1. The minimum Gasteiger partial charge on any atom is -0.508 e. The zero-order valence-electron chi connectivity index (χ0n) is 15.4. The van der Waals surface area contributed by atoms with Gasteiger partial charge in [-0.3, -0.25) is 9.69 Å². The maximum Gasteiger partial charge on any atom is 0.258 e. The Hall–Kier alpha value is -2.89. The van der Waals surface area contributed by atoms with Gasteiger partial charge in [-0.15, -0.1) is 0 Å². The van der Waals surface area contributed by atoms with Gasteiger partial charge in [0, 0.05) is 17.1 Å². The van der Waals surface area contributed by atoms with Gasteiger partial charge in [-0.1, -0.05) is 48.9 Å². The topological polar surface area (TPSA) is 69.2 Å². The van der Waals surface area contributed by atoms with Crippen molar-refractivity contribution in [2.45, 2.75) is 20.0 Å². The number of aromatic nitrogens is 2. The van der Waals surface area contributed by atoms with E-state index in [0.717, 1.165) is 22.9 Å². The van der Waals surface area contributed by atoms with E-state index in [-0.39, 0.29) is 11.3 Å². The van der Waals surface area contributed by atoms with Crippen LogP contribution in [0.15, 0.2) is 59.4 Å². The Morgan fingerprint density at radius 1 is 1.07 bits per heavy atom. The Balaban J connectivity index is 1.67. The molecule has 0 spiro atoms. The number of H-pyrrole nitrogens is 1. The second kappa shape index (κ2) is 7.62. The molecule has 4 rings (SSSR count). The fourth-order valence-corrected chi connectivity index (χ4v) is 3.61. The minimum atomic E-state index is -0.180. The lowest BCUT2D eigenvalue weighted by Gasteiger charge is -2.21. The van der Waals surface area contributed by atoms with Crippen LogP contribution in [-0.2, 0) is 13.1 Å². The van der Waals surface area contributed by atoms with E-state index in [4.69, 9.17) is 11.6 Å². The fourth-order valence-electron chi connectivity index (χ4n) is 3.44. The van der Waals surface area contributed by atoms with E-state index in [1.165, 1.54) is 0 Å². The number of hydrogen-bond acceptors (Lipinski definition) is 4. The summed E-state index contributed by atoms with van der Waals surface area (Å²) >= 11 is 6.05. The Labute approximate surface area is 167 Å². The van der Waals surface area contributed by atoms with Gasteiger partial charge in [-0.25, -0.2) is 4.98 Å². The molecular weight excluding hydrogens is 374 g/mol. The van der Waals surface area contributed by atoms with Crippen molar-refractivity contribution in [1.82, 2.24) is 14.9 Å². The van der Waals surface area contributed by atoms with Gasteiger partial charge in [0.25, 0.3) is 5.56 Å². The molecule has 0 aliphatic heterocycles. The van der Waals surface area contributed by atoms with E-state index in [2.05, 4.69) is 14.9 Å². The number of hydrogen-bond donors (Lipinski definition) is 2. The maximum absolute atomic E-state index is 12.4. The number of fused-ring (bicyclic) bond motifs is 2. The number of phenolic OH excluding ortho intramolecular Hbond substituents is 1. The monoisotopic (exact) mass is 393 g/mol. The Bertz CT molecular complexity index is 1220. The summed E-state index contributed by atoms with van der Waals surface area (Å²) in [5, 5.41) is 13.6. The molecule has 0 aliphatic carbocycles. The molecule has 3 aromatic carbocycles. The smallest absolute Gasteiger partial charge is 0.258 e. The van der Waals surface area contributed by atoms with Crippen LogP contribution < -0.4 is 5.56 Å². The van der Waals surface area contributed by atoms with Crippen LogP contribution in [-0.4, -0.2) is 26.5 Å². The first kappa shape index (κ1) is 18.5. The van der Waals surface area contributed by atoms with Gasteiger partial charge in [0.1, 0.15) is 11.6 Å². The molecule has 0 unspecified atom stereocenters. The molecule has 0 bridgehead atoms. The van der Waals surface area contributed by atoms with Gasteiger partial charge in [-0.05, 0) is 41.6 Å². The number of benzene rings is 3. The van der Waals surface area contributed by atoms with Crippen molar-refractivity contribution in [2.24, 2.45) is 0 Å². The van der Waals surface area contributed by atoms with E-state index < -0.39 is 0 Å². The second-order valence-corrected chi connectivity index (χ2v) is 7.20. The molecule has 0 radical (unpaired) electrons. The maximum atomic E-state index is 12.4. The number of aromatic amines is 1. The first-order valence-electron chi connectivity index (χ1n) is 9.15. The van der Waals surface area contributed by atoms with Crippen molar-refractivity contribution in [3.05, 3.63) is 81.4 Å². The van der Waals surface area contributed by atoms with E-state index in [0.29, 0.717) is 34.8 Å². The van der Waals surface area contributed by atoms with Crippen molar-refractivity contribution in [3.8, 4) is 5.75 Å². The summed E-state index contributed by atoms with van der Waals surface area (Å²) in [7, 11) is 0. The van der Waals surface area contributed by atoms with Crippen LogP contribution in [0.5, 0.6) is 5.75 Å². The van der Waals surface area contributed by atoms with Crippen LogP contribution >= 0.6 is 11.6 Å². The van der Waals surface area contributed by atoms with Gasteiger partial charge in [0.05, 0.1) is 17.4 Å². The zero-order chi connectivity index (χ0) is 19.7. The molecule has 0 aliphatic rings. The second-order valence-electron chi connectivity index (χ2n) is 6.76. The largest absolute Gasteiger partial charge is 0.508 e. The van der Waals surface area contributed by atoms with Gasteiger partial charge in [0.2, 0.25) is 0 Å². The summed E-state index contributed by atoms with van der Waals surface area (Å²) in [5.74, 6) is 0.838. The zero-order valence-corrected chi connectivity index (χ0v) is 16.2. The van der Waals surface area contributed by atoms with E-state index in [1.807, 2.05) is 37.3 Å². The molecule has 0 atom stereocenters. The molecule has 142 valence electrons. The Morgan fingerprint density at radius 2 is 1.89 bits per heavy atom. The van der Waals surface area contributed by atoms with Gasteiger partial charge in [0.15, 0.2) is 0 Å². The molecule has 1 aromatic heterocycles. The Kier molecular flexibility index (Phi) is 5.03. The summed E-state index contributed by atoms with van der Waals surface area (Å²) in [6.07, 6.45) is 0. The highest BCUT2D eigenvalue weighted by Gasteiger charge is 2.13. The number of aromatic hydroxyl groups is 1. The quantitative estimate of drug-likeness (QED) is 0.525.